The SMILES string of the molecule is CC1=C2CCc3cccc(C)c3N2CC1. The highest BCUT2D eigenvalue weighted by Gasteiger charge is 2.27. The monoisotopic (exact) mass is 199 g/mol. The molecule has 2 heterocycles. The second kappa shape index (κ2) is 3.13. The van der Waals surface area contributed by atoms with E-state index < -0.39 is 0 Å². The highest BCUT2D eigenvalue weighted by Crippen LogP contribution is 2.40. The van der Waals surface area contributed by atoms with Crippen LogP contribution in [0.3, 0.4) is 0 Å². The van der Waals surface area contributed by atoms with Crippen LogP contribution in [-0.2, 0) is 6.42 Å². The van der Waals surface area contributed by atoms with Crippen LogP contribution >= 0.6 is 0 Å². The van der Waals surface area contributed by atoms with Crippen LogP contribution in [0.5, 0.6) is 0 Å². The molecule has 0 saturated carbocycles. The maximum atomic E-state index is 2.55. The Kier molecular flexibility index (Phi) is 1.88. The maximum absolute atomic E-state index is 2.55. The summed E-state index contributed by atoms with van der Waals surface area (Å²) in [7, 11) is 0. The lowest BCUT2D eigenvalue weighted by Crippen LogP contribution is -2.25. The Labute approximate surface area is 91.4 Å². The summed E-state index contributed by atoms with van der Waals surface area (Å²) in [6.07, 6.45) is 3.71. The predicted molar refractivity (Wildman–Crippen MR) is 64.2 cm³/mol. The first-order valence-corrected chi connectivity index (χ1v) is 5.82. The number of rotatable bonds is 0. The van der Waals surface area contributed by atoms with E-state index in [2.05, 4.69) is 36.9 Å². The minimum atomic E-state index is 1.19. The highest BCUT2D eigenvalue weighted by atomic mass is 15.2. The average Bonchev–Trinajstić information content (AvgIpc) is 2.61. The summed E-state index contributed by atoms with van der Waals surface area (Å²) < 4.78 is 0. The smallest absolute Gasteiger partial charge is 0.0470 e. The van der Waals surface area contributed by atoms with Crippen LogP contribution in [0, 0.1) is 6.92 Å². The van der Waals surface area contributed by atoms with Gasteiger partial charge in [0.1, 0.15) is 0 Å². The molecule has 78 valence electrons. The van der Waals surface area contributed by atoms with E-state index in [1.54, 1.807) is 11.3 Å². The Morgan fingerprint density at radius 1 is 1.07 bits per heavy atom. The van der Waals surface area contributed by atoms with E-state index in [-0.39, 0.29) is 0 Å². The van der Waals surface area contributed by atoms with Crippen LogP contribution in [0.25, 0.3) is 0 Å². The Hall–Kier alpha value is -1.24. The number of allylic oxidation sites excluding steroid dienone is 1. The van der Waals surface area contributed by atoms with Gasteiger partial charge in [-0.25, -0.2) is 0 Å². The Morgan fingerprint density at radius 3 is 2.80 bits per heavy atom. The van der Waals surface area contributed by atoms with Gasteiger partial charge in [0.05, 0.1) is 0 Å². The maximum Gasteiger partial charge on any atom is 0.0470 e. The van der Waals surface area contributed by atoms with Crippen LogP contribution in [0.2, 0.25) is 0 Å². The summed E-state index contributed by atoms with van der Waals surface area (Å²) in [5.74, 6) is 0. The van der Waals surface area contributed by atoms with Gasteiger partial charge in [0.25, 0.3) is 0 Å². The number of hydrogen-bond acceptors (Lipinski definition) is 1. The molecule has 2 aliphatic rings. The first kappa shape index (κ1) is 9.02. The number of fused-ring (bicyclic) bond motifs is 3. The molecule has 1 nitrogen and oxygen atoms in total. The highest BCUT2D eigenvalue weighted by molar-refractivity contribution is 5.67. The summed E-state index contributed by atoms with van der Waals surface area (Å²) >= 11 is 0. The van der Waals surface area contributed by atoms with Crippen LogP contribution < -0.4 is 4.90 Å². The molecule has 0 atom stereocenters. The number of para-hydroxylation sites is 1. The molecule has 0 aromatic heterocycles. The molecule has 0 radical (unpaired) electrons. The fourth-order valence-corrected chi connectivity index (χ4v) is 2.95. The standard InChI is InChI=1S/C14H17N/c1-10-8-9-15-13(10)7-6-12-5-3-4-11(2)14(12)15/h3-5H,6-9H2,1-2H3. The minimum Gasteiger partial charge on any atom is -0.344 e. The first-order valence-electron chi connectivity index (χ1n) is 5.82. The third-order valence-corrected chi connectivity index (χ3v) is 3.75. The van der Waals surface area contributed by atoms with Gasteiger partial charge in [0, 0.05) is 17.9 Å². The zero-order valence-corrected chi connectivity index (χ0v) is 9.51. The van der Waals surface area contributed by atoms with Crippen molar-refractivity contribution in [2.45, 2.75) is 33.1 Å². The summed E-state index contributed by atoms with van der Waals surface area (Å²) in [6, 6.07) is 6.70. The number of hydrogen-bond donors (Lipinski definition) is 0. The molecule has 0 aliphatic carbocycles. The van der Waals surface area contributed by atoms with E-state index in [0.717, 1.165) is 0 Å². The fraction of sp³-hybridized carbons (Fsp3) is 0.429. The normalized spacial score (nSPS) is 19.2. The molecule has 3 rings (SSSR count). The lowest BCUT2D eigenvalue weighted by molar-refractivity contribution is 0.818. The van der Waals surface area contributed by atoms with Gasteiger partial charge >= 0.3 is 0 Å². The van der Waals surface area contributed by atoms with E-state index in [1.165, 1.54) is 42.6 Å². The van der Waals surface area contributed by atoms with Gasteiger partial charge in [-0.3, -0.25) is 0 Å². The lowest BCUT2D eigenvalue weighted by Gasteiger charge is -2.31. The van der Waals surface area contributed by atoms with Gasteiger partial charge in [-0.05, 0) is 44.2 Å². The first-order chi connectivity index (χ1) is 7.27. The molecule has 1 heteroatoms. The van der Waals surface area contributed by atoms with Crippen molar-refractivity contribution >= 4 is 5.69 Å². The summed E-state index contributed by atoms with van der Waals surface area (Å²) in [4.78, 5) is 2.55. The van der Waals surface area contributed by atoms with Crippen molar-refractivity contribution in [2.24, 2.45) is 0 Å². The van der Waals surface area contributed by atoms with E-state index >= 15 is 0 Å². The fourth-order valence-electron chi connectivity index (χ4n) is 2.95. The van der Waals surface area contributed by atoms with E-state index in [1.807, 2.05) is 0 Å². The molecule has 0 fully saturated rings. The van der Waals surface area contributed by atoms with Gasteiger partial charge in [0.2, 0.25) is 0 Å². The number of benzene rings is 1. The van der Waals surface area contributed by atoms with Crippen molar-refractivity contribution in [3.63, 3.8) is 0 Å². The van der Waals surface area contributed by atoms with E-state index in [4.69, 9.17) is 0 Å². The van der Waals surface area contributed by atoms with Crippen molar-refractivity contribution in [1.82, 2.24) is 0 Å². The molecule has 0 unspecified atom stereocenters. The second-order valence-electron chi connectivity index (χ2n) is 4.71. The van der Waals surface area contributed by atoms with Crippen molar-refractivity contribution in [3.8, 4) is 0 Å². The molecular weight excluding hydrogens is 182 g/mol. The molecule has 1 aromatic rings. The molecule has 0 bridgehead atoms. The summed E-state index contributed by atoms with van der Waals surface area (Å²) in [6.45, 7) is 5.72. The molecule has 0 N–H and O–H groups in total. The average molecular weight is 199 g/mol. The molecule has 1 aromatic carbocycles. The van der Waals surface area contributed by atoms with Crippen molar-refractivity contribution in [1.29, 1.82) is 0 Å². The van der Waals surface area contributed by atoms with Crippen molar-refractivity contribution < 1.29 is 0 Å². The second-order valence-corrected chi connectivity index (χ2v) is 4.71. The van der Waals surface area contributed by atoms with Crippen molar-refractivity contribution in [2.75, 3.05) is 11.4 Å². The summed E-state index contributed by atoms with van der Waals surface area (Å²) in [5.41, 5.74) is 7.66. The quantitative estimate of drug-likeness (QED) is 0.618. The van der Waals surface area contributed by atoms with Crippen LogP contribution in [-0.4, -0.2) is 6.54 Å². The third-order valence-electron chi connectivity index (χ3n) is 3.75. The van der Waals surface area contributed by atoms with Crippen LogP contribution in [0.4, 0.5) is 5.69 Å². The predicted octanol–water partition coefficient (Wildman–Crippen LogP) is 3.43. The Morgan fingerprint density at radius 2 is 1.93 bits per heavy atom. The topological polar surface area (TPSA) is 3.24 Å². The van der Waals surface area contributed by atoms with Gasteiger partial charge in [-0.15, -0.1) is 0 Å². The summed E-state index contributed by atoms with van der Waals surface area (Å²) in [5, 5.41) is 0. The largest absolute Gasteiger partial charge is 0.344 e. The molecule has 0 amide bonds. The molecular formula is C14H17N. The Bertz CT molecular complexity index is 443. The molecule has 2 aliphatic heterocycles. The zero-order chi connectivity index (χ0) is 10.4. The third kappa shape index (κ3) is 1.22. The zero-order valence-electron chi connectivity index (χ0n) is 9.51. The van der Waals surface area contributed by atoms with E-state index in [0.29, 0.717) is 0 Å². The number of aryl methyl sites for hydroxylation is 2. The van der Waals surface area contributed by atoms with Crippen molar-refractivity contribution in [3.05, 3.63) is 40.6 Å². The lowest BCUT2D eigenvalue weighted by atomic mass is 9.96. The molecule has 0 spiro atoms. The van der Waals surface area contributed by atoms with Crippen LogP contribution in [0.1, 0.15) is 30.9 Å². The number of nitrogens with zero attached hydrogens (tertiary/aromatic N) is 1. The Balaban J connectivity index is 2.17. The van der Waals surface area contributed by atoms with Crippen LogP contribution in [0.15, 0.2) is 29.5 Å². The number of anilines is 1. The van der Waals surface area contributed by atoms with Gasteiger partial charge in [-0.2, -0.15) is 0 Å². The van der Waals surface area contributed by atoms with Gasteiger partial charge in [-0.1, -0.05) is 23.8 Å². The van der Waals surface area contributed by atoms with Gasteiger partial charge in [0.15, 0.2) is 0 Å². The molecule has 0 saturated heterocycles. The van der Waals surface area contributed by atoms with E-state index in [9.17, 15) is 0 Å². The van der Waals surface area contributed by atoms with Gasteiger partial charge < -0.3 is 4.90 Å². The minimum absolute atomic E-state index is 1.19. The molecule has 15 heavy (non-hydrogen) atoms.